The van der Waals surface area contributed by atoms with Crippen LogP contribution in [0, 0.1) is 12.8 Å². The molecule has 0 radical (unpaired) electrons. The van der Waals surface area contributed by atoms with E-state index in [1.807, 2.05) is 39.0 Å². The Morgan fingerprint density at radius 3 is 2.62 bits per heavy atom. The molecule has 2 aromatic carbocycles. The number of piperidine rings is 1. The predicted octanol–water partition coefficient (Wildman–Crippen LogP) is 4.47. The Hall–Kier alpha value is -2.09. The zero-order valence-corrected chi connectivity index (χ0v) is 20.2. The summed E-state index contributed by atoms with van der Waals surface area (Å²) in [6.07, 6.45) is 1.94. The van der Waals surface area contributed by atoms with Crippen molar-refractivity contribution in [1.29, 1.82) is 0 Å². The number of halogens is 1. The van der Waals surface area contributed by atoms with Crippen LogP contribution in [0.2, 0.25) is 5.02 Å². The van der Waals surface area contributed by atoms with E-state index in [0.29, 0.717) is 30.8 Å². The minimum Gasteiger partial charge on any atom is -0.487 e. The van der Waals surface area contributed by atoms with Crippen molar-refractivity contribution in [1.82, 2.24) is 9.62 Å². The van der Waals surface area contributed by atoms with Gasteiger partial charge in [-0.2, -0.15) is 4.31 Å². The number of amides is 1. The fourth-order valence-electron chi connectivity index (χ4n) is 4.51. The van der Waals surface area contributed by atoms with E-state index >= 15 is 0 Å². The number of nitrogens with zero attached hydrogens (tertiary/aromatic N) is 1. The Bertz CT molecular complexity index is 1120. The number of hydrogen-bond acceptors (Lipinski definition) is 4. The van der Waals surface area contributed by atoms with Gasteiger partial charge in [0.1, 0.15) is 11.4 Å². The summed E-state index contributed by atoms with van der Waals surface area (Å²) in [6.45, 7) is 6.61. The van der Waals surface area contributed by atoms with Gasteiger partial charge in [0, 0.05) is 30.1 Å². The summed E-state index contributed by atoms with van der Waals surface area (Å²) < 4.78 is 33.7. The van der Waals surface area contributed by atoms with Crippen LogP contribution in [0.1, 0.15) is 50.3 Å². The van der Waals surface area contributed by atoms with Crippen molar-refractivity contribution < 1.29 is 17.9 Å². The first-order valence-electron chi connectivity index (χ1n) is 10.9. The van der Waals surface area contributed by atoms with E-state index in [0.717, 1.165) is 16.9 Å². The second-order valence-electron chi connectivity index (χ2n) is 9.32. The highest BCUT2D eigenvalue weighted by molar-refractivity contribution is 7.89. The number of fused-ring (bicyclic) bond motifs is 1. The molecule has 2 aliphatic heterocycles. The summed E-state index contributed by atoms with van der Waals surface area (Å²) in [5.41, 5.74) is 1.65. The highest BCUT2D eigenvalue weighted by atomic mass is 35.5. The molecule has 0 spiro atoms. The van der Waals surface area contributed by atoms with Crippen LogP contribution < -0.4 is 10.1 Å². The van der Waals surface area contributed by atoms with Gasteiger partial charge in [-0.05, 0) is 69.5 Å². The van der Waals surface area contributed by atoms with Crippen molar-refractivity contribution in [3.63, 3.8) is 0 Å². The molecule has 2 aliphatic rings. The maximum atomic E-state index is 13.2. The third kappa shape index (κ3) is 4.80. The van der Waals surface area contributed by atoms with E-state index in [9.17, 15) is 13.2 Å². The smallest absolute Gasteiger partial charge is 0.243 e. The van der Waals surface area contributed by atoms with Crippen molar-refractivity contribution in [3.05, 3.63) is 58.6 Å². The minimum absolute atomic E-state index is 0.116. The zero-order valence-electron chi connectivity index (χ0n) is 18.6. The molecule has 172 valence electrons. The molecule has 1 saturated heterocycles. The lowest BCUT2D eigenvalue weighted by Gasteiger charge is -2.39. The molecule has 1 amide bonds. The molecular weight excluding hydrogens is 448 g/mol. The number of benzene rings is 2. The van der Waals surface area contributed by atoms with Crippen molar-refractivity contribution in [2.75, 3.05) is 13.1 Å². The zero-order chi connectivity index (χ0) is 23.1. The Morgan fingerprint density at radius 1 is 1.19 bits per heavy atom. The van der Waals surface area contributed by atoms with Crippen LogP contribution >= 0.6 is 11.6 Å². The third-order valence-electron chi connectivity index (χ3n) is 6.15. The van der Waals surface area contributed by atoms with Crippen molar-refractivity contribution >= 4 is 27.5 Å². The van der Waals surface area contributed by atoms with Crippen LogP contribution in [0.3, 0.4) is 0 Å². The summed E-state index contributed by atoms with van der Waals surface area (Å²) in [4.78, 5) is 13.4. The van der Waals surface area contributed by atoms with Crippen LogP contribution in [0.25, 0.3) is 0 Å². The molecule has 8 heteroatoms. The quantitative estimate of drug-likeness (QED) is 0.706. The Balaban J connectivity index is 1.50. The number of carbonyl (C=O) groups excluding carboxylic acids is 1. The van der Waals surface area contributed by atoms with Crippen molar-refractivity contribution in [2.24, 2.45) is 5.92 Å². The Kier molecular flexibility index (Phi) is 6.27. The van der Waals surface area contributed by atoms with Gasteiger partial charge >= 0.3 is 0 Å². The number of rotatable bonds is 4. The molecule has 1 N–H and O–H groups in total. The molecule has 4 rings (SSSR count). The van der Waals surface area contributed by atoms with Crippen LogP contribution in [-0.4, -0.2) is 37.3 Å². The van der Waals surface area contributed by atoms with E-state index < -0.39 is 21.5 Å². The van der Waals surface area contributed by atoms with E-state index in [2.05, 4.69) is 5.32 Å². The number of carbonyl (C=O) groups is 1. The molecule has 2 heterocycles. The monoisotopic (exact) mass is 476 g/mol. The molecule has 0 bridgehead atoms. The van der Waals surface area contributed by atoms with Gasteiger partial charge < -0.3 is 10.1 Å². The number of nitrogens with one attached hydrogen (secondary N) is 1. The summed E-state index contributed by atoms with van der Waals surface area (Å²) in [6, 6.07) is 12.0. The standard InChI is InChI=1S/C24H29ClN2O4S/c1-16-6-11-20-21(14-24(2,3)31-22(20)13-16)26-23(28)17-5-4-12-27(15-17)32(29,30)19-9-7-18(25)8-10-19/h6-11,13,17,21H,4-5,12,14-15H2,1-3H3,(H,26,28)/t17-,21-/m1/s1. The maximum Gasteiger partial charge on any atom is 0.243 e. The van der Waals surface area contributed by atoms with E-state index in [1.165, 1.54) is 16.4 Å². The second kappa shape index (κ2) is 8.69. The van der Waals surface area contributed by atoms with Gasteiger partial charge in [-0.25, -0.2) is 8.42 Å². The largest absolute Gasteiger partial charge is 0.487 e. The first-order chi connectivity index (χ1) is 15.0. The molecule has 6 nitrogen and oxygen atoms in total. The average molecular weight is 477 g/mol. The second-order valence-corrected chi connectivity index (χ2v) is 11.7. The average Bonchev–Trinajstić information content (AvgIpc) is 2.73. The third-order valence-corrected chi connectivity index (χ3v) is 8.28. The molecule has 0 aliphatic carbocycles. The molecule has 0 unspecified atom stereocenters. The highest BCUT2D eigenvalue weighted by Crippen LogP contribution is 2.40. The van der Waals surface area contributed by atoms with Gasteiger partial charge in [0.25, 0.3) is 0 Å². The lowest BCUT2D eigenvalue weighted by Crippen LogP contribution is -2.48. The summed E-state index contributed by atoms with van der Waals surface area (Å²) in [7, 11) is -3.68. The van der Waals surface area contributed by atoms with Crippen LogP contribution in [0.5, 0.6) is 5.75 Å². The molecule has 0 saturated carbocycles. The molecule has 0 aromatic heterocycles. The van der Waals surface area contributed by atoms with Crippen molar-refractivity contribution in [3.8, 4) is 5.75 Å². The fourth-order valence-corrected chi connectivity index (χ4v) is 6.16. The van der Waals surface area contributed by atoms with Crippen molar-refractivity contribution in [2.45, 2.75) is 56.6 Å². The van der Waals surface area contributed by atoms with Gasteiger partial charge in [-0.1, -0.05) is 23.7 Å². The summed E-state index contributed by atoms with van der Waals surface area (Å²) in [5, 5.41) is 3.66. The van der Waals surface area contributed by atoms with Gasteiger partial charge in [-0.3, -0.25) is 4.79 Å². The summed E-state index contributed by atoms with van der Waals surface area (Å²) in [5.74, 6) is 0.281. The Morgan fingerprint density at radius 2 is 1.91 bits per heavy atom. The van der Waals surface area contributed by atoms with Gasteiger partial charge in [-0.15, -0.1) is 0 Å². The first kappa shape index (κ1) is 23.1. The lowest BCUT2D eigenvalue weighted by molar-refractivity contribution is -0.127. The summed E-state index contributed by atoms with van der Waals surface area (Å²) >= 11 is 5.90. The first-order valence-corrected chi connectivity index (χ1v) is 12.7. The number of ether oxygens (including phenoxy) is 1. The van der Waals surface area contributed by atoms with Gasteiger partial charge in [0.15, 0.2) is 0 Å². The van der Waals surface area contributed by atoms with Crippen LogP contribution in [-0.2, 0) is 14.8 Å². The SMILES string of the molecule is Cc1ccc2c(c1)OC(C)(C)C[C@H]2NC(=O)[C@@H]1CCCN(S(=O)(=O)c2ccc(Cl)cc2)C1. The molecular formula is C24H29ClN2O4S. The number of hydrogen-bond donors (Lipinski definition) is 1. The van der Waals surface area contributed by atoms with E-state index in [4.69, 9.17) is 16.3 Å². The lowest BCUT2D eigenvalue weighted by atomic mass is 9.88. The fraction of sp³-hybridized carbons (Fsp3) is 0.458. The molecule has 1 fully saturated rings. The van der Waals surface area contributed by atoms with Crippen LogP contribution in [0.4, 0.5) is 0 Å². The highest BCUT2D eigenvalue weighted by Gasteiger charge is 2.38. The number of aryl methyl sites for hydroxylation is 1. The maximum absolute atomic E-state index is 13.2. The minimum atomic E-state index is -3.68. The molecule has 2 aromatic rings. The Labute approximate surface area is 195 Å². The predicted molar refractivity (Wildman–Crippen MR) is 124 cm³/mol. The van der Waals surface area contributed by atoms with E-state index in [-0.39, 0.29) is 23.4 Å². The topological polar surface area (TPSA) is 75.7 Å². The van der Waals surface area contributed by atoms with E-state index in [1.54, 1.807) is 12.1 Å². The van der Waals surface area contributed by atoms with Crippen LogP contribution in [0.15, 0.2) is 47.4 Å². The normalized spacial score (nSPS) is 23.1. The molecule has 32 heavy (non-hydrogen) atoms. The van der Waals surface area contributed by atoms with Gasteiger partial charge in [0.05, 0.1) is 16.9 Å². The van der Waals surface area contributed by atoms with Gasteiger partial charge in [0.2, 0.25) is 15.9 Å². The molecule has 2 atom stereocenters. The number of sulfonamides is 1.